The minimum Gasteiger partial charge on any atom is -0.467 e. The normalized spacial score (nSPS) is 14.2. The van der Waals surface area contributed by atoms with Gasteiger partial charge in [-0.25, -0.2) is 12.7 Å². The van der Waals surface area contributed by atoms with Gasteiger partial charge in [-0.3, -0.25) is 0 Å². The molecule has 3 rings (SSSR count). The predicted octanol–water partition coefficient (Wildman–Crippen LogP) is 3.89. The lowest BCUT2D eigenvalue weighted by atomic mass is 10.1. The maximum atomic E-state index is 12.3. The monoisotopic (exact) mass is 413 g/mol. The number of halogens is 1. The van der Waals surface area contributed by atoms with Crippen LogP contribution in [-0.2, 0) is 32.9 Å². The summed E-state index contributed by atoms with van der Waals surface area (Å²) in [5, 5.41) is 0.660. The van der Waals surface area contributed by atoms with E-state index in [0.717, 1.165) is 22.4 Å². The van der Waals surface area contributed by atoms with Crippen LogP contribution in [0.25, 0.3) is 0 Å². The van der Waals surface area contributed by atoms with Gasteiger partial charge in [0.1, 0.15) is 5.75 Å². The second kappa shape index (κ2) is 8.19. The third-order valence-electron chi connectivity index (χ3n) is 3.96. The van der Waals surface area contributed by atoms with Gasteiger partial charge in [0.15, 0.2) is 6.79 Å². The van der Waals surface area contributed by atoms with Gasteiger partial charge >= 0.3 is 0 Å². The van der Waals surface area contributed by atoms with Crippen LogP contribution in [0.3, 0.4) is 0 Å². The Labute approximate surface area is 163 Å². The first kappa shape index (κ1) is 19.5. The molecule has 0 fully saturated rings. The second-order valence-corrected chi connectivity index (χ2v) is 9.67. The Morgan fingerprint density at radius 1 is 1.19 bits per heavy atom. The van der Waals surface area contributed by atoms with Crippen molar-refractivity contribution in [1.29, 1.82) is 0 Å². The highest BCUT2D eigenvalue weighted by Gasteiger charge is 2.18. The minimum absolute atomic E-state index is 0.247. The Morgan fingerprint density at radius 3 is 2.77 bits per heavy atom. The highest BCUT2D eigenvalue weighted by atomic mass is 35.5. The Hall–Kier alpha value is -1.25. The summed E-state index contributed by atoms with van der Waals surface area (Å²) in [6, 6.07) is 10.8. The summed E-state index contributed by atoms with van der Waals surface area (Å²) in [4.78, 5) is 0.307. The van der Waals surface area contributed by atoms with Crippen LogP contribution in [0.1, 0.15) is 16.7 Å². The quantitative estimate of drug-likeness (QED) is 0.719. The largest absolute Gasteiger partial charge is 0.467 e. The van der Waals surface area contributed by atoms with Crippen LogP contribution in [0.4, 0.5) is 0 Å². The van der Waals surface area contributed by atoms with Gasteiger partial charge in [-0.05, 0) is 29.8 Å². The van der Waals surface area contributed by atoms with Crippen LogP contribution in [0, 0.1) is 0 Å². The first-order valence-corrected chi connectivity index (χ1v) is 11.0. The molecule has 26 heavy (non-hydrogen) atoms. The maximum absolute atomic E-state index is 12.3. The number of rotatable bonds is 6. The molecule has 8 heteroatoms. The Morgan fingerprint density at radius 2 is 2.00 bits per heavy atom. The van der Waals surface area contributed by atoms with Crippen LogP contribution in [-0.4, -0.2) is 33.6 Å². The van der Waals surface area contributed by atoms with E-state index in [0.29, 0.717) is 28.0 Å². The number of hydrogen-bond acceptors (Lipinski definition) is 5. The van der Waals surface area contributed by atoms with Crippen molar-refractivity contribution in [2.24, 2.45) is 0 Å². The van der Waals surface area contributed by atoms with E-state index in [1.54, 1.807) is 30.0 Å². The van der Waals surface area contributed by atoms with E-state index in [-0.39, 0.29) is 6.79 Å². The zero-order chi connectivity index (χ0) is 18.7. The fourth-order valence-electron chi connectivity index (χ4n) is 2.65. The van der Waals surface area contributed by atoms with Crippen LogP contribution in [0.2, 0.25) is 5.02 Å². The zero-order valence-corrected chi connectivity index (χ0v) is 17.0. The van der Waals surface area contributed by atoms with Crippen molar-refractivity contribution in [3.63, 3.8) is 0 Å². The highest BCUT2D eigenvalue weighted by Crippen LogP contribution is 2.34. The molecule has 0 aromatic heterocycles. The summed E-state index contributed by atoms with van der Waals surface area (Å²) < 4.78 is 36.6. The molecule has 1 aliphatic rings. The first-order chi connectivity index (χ1) is 12.4. The Balaban J connectivity index is 1.71. The topological polar surface area (TPSA) is 55.8 Å². The van der Waals surface area contributed by atoms with Gasteiger partial charge in [-0.15, -0.1) is 0 Å². The van der Waals surface area contributed by atoms with Crippen molar-refractivity contribution in [3.05, 3.63) is 58.1 Å². The number of hydrogen-bond donors (Lipinski definition) is 0. The maximum Gasteiger partial charge on any atom is 0.242 e. The average molecular weight is 414 g/mol. The number of benzene rings is 2. The van der Waals surface area contributed by atoms with Gasteiger partial charge in [0, 0.05) is 41.8 Å². The zero-order valence-electron chi connectivity index (χ0n) is 14.6. The van der Waals surface area contributed by atoms with Crippen molar-refractivity contribution >= 4 is 33.4 Å². The van der Waals surface area contributed by atoms with E-state index in [2.05, 4.69) is 0 Å². The fourth-order valence-corrected chi connectivity index (χ4v) is 4.84. The molecule has 0 radical (unpaired) electrons. The molecule has 0 aliphatic carbocycles. The van der Waals surface area contributed by atoms with Crippen LogP contribution < -0.4 is 4.74 Å². The van der Waals surface area contributed by atoms with E-state index in [4.69, 9.17) is 21.1 Å². The molecule has 0 N–H and O–H groups in total. The van der Waals surface area contributed by atoms with Crippen molar-refractivity contribution in [2.45, 2.75) is 23.0 Å². The lowest BCUT2D eigenvalue weighted by molar-refractivity contribution is -0.0168. The molecule has 1 aliphatic heterocycles. The summed E-state index contributed by atoms with van der Waals surface area (Å²) in [5.74, 6) is 2.25. The summed E-state index contributed by atoms with van der Waals surface area (Å²) in [5.41, 5.74) is 2.94. The Bertz CT molecular complexity index is 900. The minimum atomic E-state index is -3.42. The molecular formula is C18H20ClNO4S2. The lowest BCUT2D eigenvalue weighted by Crippen LogP contribution is -2.22. The molecular weight excluding hydrogens is 394 g/mol. The van der Waals surface area contributed by atoms with Gasteiger partial charge in [0.25, 0.3) is 0 Å². The second-order valence-electron chi connectivity index (χ2n) is 6.09. The molecule has 1 heterocycles. The molecule has 0 bridgehead atoms. The molecule has 0 saturated heterocycles. The van der Waals surface area contributed by atoms with Crippen molar-refractivity contribution in [2.75, 3.05) is 20.9 Å². The lowest BCUT2D eigenvalue weighted by Gasteiger charge is -2.21. The van der Waals surface area contributed by atoms with Crippen LogP contribution in [0.5, 0.6) is 5.75 Å². The summed E-state index contributed by atoms with van der Waals surface area (Å²) >= 11 is 7.87. The van der Waals surface area contributed by atoms with Crippen LogP contribution in [0.15, 0.2) is 41.3 Å². The highest BCUT2D eigenvalue weighted by molar-refractivity contribution is 7.97. The molecule has 5 nitrogen and oxygen atoms in total. The molecule has 140 valence electrons. The van der Waals surface area contributed by atoms with Gasteiger partial charge < -0.3 is 9.47 Å². The third kappa shape index (κ3) is 4.35. The summed E-state index contributed by atoms with van der Waals surface area (Å²) in [7, 11) is -0.361. The van der Waals surface area contributed by atoms with E-state index in [9.17, 15) is 8.42 Å². The summed E-state index contributed by atoms with van der Waals surface area (Å²) in [6.07, 6.45) is 0. The number of fused-ring (bicyclic) bond motifs is 1. The fraction of sp³-hybridized carbons (Fsp3) is 0.333. The van der Waals surface area contributed by atoms with Crippen LogP contribution >= 0.6 is 23.4 Å². The van der Waals surface area contributed by atoms with Gasteiger partial charge in [-0.1, -0.05) is 23.7 Å². The summed E-state index contributed by atoms with van der Waals surface area (Å²) in [6.45, 7) is 0.745. The molecule has 0 saturated carbocycles. The number of ether oxygens (including phenoxy) is 2. The molecule has 0 spiro atoms. The van der Waals surface area contributed by atoms with E-state index in [1.807, 2.05) is 18.2 Å². The number of thioether (sulfide) groups is 1. The Kier molecular flexibility index (Phi) is 6.14. The van der Waals surface area contributed by atoms with E-state index < -0.39 is 10.0 Å². The predicted molar refractivity (Wildman–Crippen MR) is 104 cm³/mol. The molecule has 0 atom stereocenters. The standard InChI is InChI=1S/C18H20ClNO4S2/c1-20(2)26(21,22)17-5-3-4-13(6-17)10-25-11-15-8-16(19)7-14-9-23-12-24-18(14)15/h3-8H,9-12H2,1-2H3. The van der Waals surface area contributed by atoms with Crippen molar-refractivity contribution in [1.82, 2.24) is 4.31 Å². The number of sulfonamides is 1. The first-order valence-electron chi connectivity index (χ1n) is 7.99. The SMILES string of the molecule is CN(C)S(=O)(=O)c1cccc(CSCc2cc(Cl)cc3c2OCOC3)c1. The molecule has 0 unspecified atom stereocenters. The number of nitrogens with zero attached hydrogens (tertiary/aromatic N) is 1. The van der Waals surface area contributed by atoms with Gasteiger partial charge in [0.05, 0.1) is 11.5 Å². The average Bonchev–Trinajstić information content (AvgIpc) is 2.61. The van der Waals surface area contributed by atoms with Gasteiger partial charge in [-0.2, -0.15) is 11.8 Å². The smallest absolute Gasteiger partial charge is 0.242 e. The van der Waals surface area contributed by atoms with E-state index in [1.165, 1.54) is 18.4 Å². The van der Waals surface area contributed by atoms with Gasteiger partial charge in [0.2, 0.25) is 10.0 Å². The van der Waals surface area contributed by atoms with E-state index >= 15 is 0 Å². The molecule has 2 aromatic carbocycles. The molecule has 2 aromatic rings. The van der Waals surface area contributed by atoms with Crippen molar-refractivity contribution in [3.8, 4) is 5.75 Å². The molecule has 0 amide bonds. The third-order valence-corrected chi connectivity index (χ3v) is 7.04. The van der Waals surface area contributed by atoms with Crippen molar-refractivity contribution < 1.29 is 17.9 Å².